The van der Waals surface area contributed by atoms with Crippen molar-refractivity contribution in [2.75, 3.05) is 6.54 Å². The second-order valence-electron chi connectivity index (χ2n) is 8.49. The number of hydrogen-bond acceptors (Lipinski definition) is 4. The van der Waals surface area contributed by atoms with Crippen molar-refractivity contribution in [1.29, 1.82) is 0 Å². The minimum absolute atomic E-state index is 0.334. The van der Waals surface area contributed by atoms with Crippen molar-refractivity contribution >= 4 is 9.84 Å². The summed E-state index contributed by atoms with van der Waals surface area (Å²) in [5.41, 5.74) is 0. The smallest absolute Gasteiger partial charge is 0.194 e. The predicted octanol–water partition coefficient (Wildman–Crippen LogP) is 4.69. The van der Waals surface area contributed by atoms with Crippen molar-refractivity contribution in [3.05, 3.63) is 54.5 Å². The Hall–Kier alpha value is -1.59. The highest BCUT2D eigenvalue weighted by Gasteiger charge is 2.50. The topological polar surface area (TPSA) is 50.5 Å². The number of benzene rings is 1. The van der Waals surface area contributed by atoms with Crippen LogP contribution in [0.4, 0.5) is 0 Å². The lowest BCUT2D eigenvalue weighted by molar-refractivity contribution is 0.163. The van der Waals surface area contributed by atoms with Crippen LogP contribution in [-0.2, 0) is 9.84 Å². The van der Waals surface area contributed by atoms with Gasteiger partial charge in [0.15, 0.2) is 9.84 Å². The van der Waals surface area contributed by atoms with Crippen LogP contribution in [0.1, 0.15) is 51.2 Å². The summed E-state index contributed by atoms with van der Waals surface area (Å²) in [6.45, 7) is 5.18. The summed E-state index contributed by atoms with van der Waals surface area (Å²) in [7, 11) is -3.37. The molecule has 1 saturated carbocycles. The molecule has 1 aliphatic heterocycles. The van der Waals surface area contributed by atoms with Crippen LogP contribution < -0.4 is 0 Å². The van der Waals surface area contributed by atoms with E-state index in [2.05, 4.69) is 24.8 Å². The minimum atomic E-state index is -3.37. The predicted molar refractivity (Wildman–Crippen MR) is 106 cm³/mol. The first kappa shape index (κ1) is 18.8. The Balaban J connectivity index is 1.58. The number of hydrogen-bond donors (Lipinski definition) is 0. The van der Waals surface area contributed by atoms with E-state index in [9.17, 15) is 8.42 Å². The number of piperidine rings is 1. The molecule has 1 aromatic carbocycles. The zero-order valence-corrected chi connectivity index (χ0v) is 16.9. The Labute approximate surface area is 162 Å². The first-order valence-corrected chi connectivity index (χ1v) is 11.6. The fourth-order valence-corrected chi connectivity index (χ4v) is 6.85. The van der Waals surface area contributed by atoms with E-state index < -0.39 is 15.2 Å². The van der Waals surface area contributed by atoms with Gasteiger partial charge < -0.3 is 4.42 Å². The lowest BCUT2D eigenvalue weighted by Gasteiger charge is -2.37. The Morgan fingerprint density at radius 3 is 2.44 bits per heavy atom. The SMILES string of the molecule is CC(C)CCC(N1CC2CC1CC2c1ccco1)S(=O)(=O)c1ccccc1. The van der Waals surface area contributed by atoms with Crippen LogP contribution in [-0.4, -0.2) is 31.3 Å². The average molecular weight is 388 g/mol. The summed E-state index contributed by atoms with van der Waals surface area (Å²) in [5, 5.41) is -0.421. The van der Waals surface area contributed by atoms with Crippen molar-refractivity contribution in [2.45, 2.75) is 61.8 Å². The number of rotatable bonds is 7. The van der Waals surface area contributed by atoms with E-state index >= 15 is 0 Å². The van der Waals surface area contributed by atoms with Gasteiger partial charge in [0.1, 0.15) is 11.1 Å². The van der Waals surface area contributed by atoms with Gasteiger partial charge in [-0.15, -0.1) is 0 Å². The summed E-state index contributed by atoms with van der Waals surface area (Å²) in [6.07, 6.45) is 5.44. The van der Waals surface area contributed by atoms with Crippen molar-refractivity contribution in [2.24, 2.45) is 11.8 Å². The second-order valence-corrected chi connectivity index (χ2v) is 10.6. The van der Waals surface area contributed by atoms with Crippen LogP contribution in [0.25, 0.3) is 0 Å². The quantitative estimate of drug-likeness (QED) is 0.691. The molecule has 5 heteroatoms. The lowest BCUT2D eigenvalue weighted by Crippen LogP contribution is -2.46. The molecule has 0 spiro atoms. The van der Waals surface area contributed by atoms with Gasteiger partial charge in [-0.25, -0.2) is 8.42 Å². The van der Waals surface area contributed by atoms with Gasteiger partial charge in [-0.2, -0.15) is 0 Å². The first-order chi connectivity index (χ1) is 13.0. The van der Waals surface area contributed by atoms with Crippen molar-refractivity contribution in [1.82, 2.24) is 4.90 Å². The van der Waals surface area contributed by atoms with E-state index in [1.807, 2.05) is 24.3 Å². The van der Waals surface area contributed by atoms with Crippen molar-refractivity contribution in [3.63, 3.8) is 0 Å². The molecular formula is C22H29NO3S. The third-order valence-corrected chi connectivity index (χ3v) is 8.44. The summed E-state index contributed by atoms with van der Waals surface area (Å²) in [6, 6.07) is 13.3. The molecule has 2 heterocycles. The highest BCUT2D eigenvalue weighted by molar-refractivity contribution is 7.92. The highest BCUT2D eigenvalue weighted by Crippen LogP contribution is 2.49. The molecule has 0 amide bonds. The zero-order chi connectivity index (χ0) is 19.0. The molecule has 2 aliphatic rings. The van der Waals surface area contributed by atoms with E-state index in [1.165, 1.54) is 0 Å². The fraction of sp³-hybridized carbons (Fsp3) is 0.545. The molecule has 4 nitrogen and oxygen atoms in total. The van der Waals surface area contributed by atoms with Gasteiger partial charge in [0, 0.05) is 18.5 Å². The lowest BCUT2D eigenvalue weighted by atomic mass is 9.92. The van der Waals surface area contributed by atoms with Crippen LogP contribution in [0.2, 0.25) is 0 Å². The van der Waals surface area contributed by atoms with Crippen LogP contribution in [0.5, 0.6) is 0 Å². The molecule has 2 fully saturated rings. The van der Waals surface area contributed by atoms with Crippen molar-refractivity contribution in [3.8, 4) is 0 Å². The number of nitrogens with zero attached hydrogens (tertiary/aromatic N) is 1. The maximum Gasteiger partial charge on any atom is 0.194 e. The third kappa shape index (κ3) is 3.59. The Kier molecular flexibility index (Phi) is 5.17. The average Bonchev–Trinajstić information content (AvgIpc) is 3.39. The number of sulfone groups is 1. The van der Waals surface area contributed by atoms with Gasteiger partial charge in [-0.05, 0) is 61.8 Å². The van der Waals surface area contributed by atoms with Gasteiger partial charge in [0.25, 0.3) is 0 Å². The molecule has 146 valence electrons. The largest absolute Gasteiger partial charge is 0.469 e. The van der Waals surface area contributed by atoms with E-state index in [-0.39, 0.29) is 0 Å². The maximum atomic E-state index is 13.5. The number of fused-ring (bicyclic) bond motifs is 2. The van der Waals surface area contributed by atoms with Gasteiger partial charge in [-0.3, -0.25) is 4.90 Å². The highest BCUT2D eigenvalue weighted by atomic mass is 32.2. The van der Waals surface area contributed by atoms with Gasteiger partial charge in [-0.1, -0.05) is 32.0 Å². The molecule has 2 bridgehead atoms. The summed E-state index contributed by atoms with van der Waals surface area (Å²) >= 11 is 0. The van der Waals surface area contributed by atoms with Crippen molar-refractivity contribution < 1.29 is 12.8 Å². The Bertz CT molecular complexity index is 845. The third-order valence-electron chi connectivity index (χ3n) is 6.28. The van der Waals surface area contributed by atoms with Crippen LogP contribution in [0, 0.1) is 11.8 Å². The van der Waals surface area contributed by atoms with Crippen LogP contribution in [0.15, 0.2) is 58.0 Å². The van der Waals surface area contributed by atoms with E-state index in [0.717, 1.165) is 31.6 Å². The molecule has 27 heavy (non-hydrogen) atoms. The van der Waals surface area contributed by atoms with E-state index in [0.29, 0.717) is 35.1 Å². The summed E-state index contributed by atoms with van der Waals surface area (Å²) in [4.78, 5) is 2.73. The molecule has 4 rings (SSSR count). The molecule has 0 radical (unpaired) electrons. The Morgan fingerprint density at radius 1 is 1.07 bits per heavy atom. The molecule has 4 atom stereocenters. The van der Waals surface area contributed by atoms with Crippen LogP contribution in [0.3, 0.4) is 0 Å². The van der Waals surface area contributed by atoms with Gasteiger partial charge >= 0.3 is 0 Å². The standard InChI is InChI=1S/C22H29NO3S/c1-16(2)10-11-22(27(24,25)19-7-4-3-5-8-19)23-15-17-13-18(23)14-20(17)21-9-6-12-26-21/h3-9,12,16-18,20,22H,10-11,13-15H2,1-2H3. The van der Waals surface area contributed by atoms with Gasteiger partial charge in [0.2, 0.25) is 0 Å². The molecule has 4 unspecified atom stereocenters. The number of likely N-dealkylation sites (tertiary alicyclic amines) is 1. The van der Waals surface area contributed by atoms with Gasteiger partial charge in [0.05, 0.1) is 11.2 Å². The molecule has 2 aromatic rings. The fourth-order valence-electron chi connectivity index (χ4n) is 4.93. The molecule has 1 saturated heterocycles. The van der Waals surface area contributed by atoms with E-state index in [1.54, 1.807) is 18.4 Å². The molecular weight excluding hydrogens is 358 g/mol. The molecule has 1 aromatic heterocycles. The second kappa shape index (κ2) is 7.44. The Morgan fingerprint density at radius 2 is 1.85 bits per heavy atom. The monoisotopic (exact) mass is 387 g/mol. The summed E-state index contributed by atoms with van der Waals surface area (Å²) in [5.74, 6) is 2.49. The molecule has 0 N–H and O–H groups in total. The first-order valence-electron chi connectivity index (χ1n) is 10.0. The summed E-state index contributed by atoms with van der Waals surface area (Å²) < 4.78 is 32.6. The number of furan rings is 1. The molecule has 1 aliphatic carbocycles. The minimum Gasteiger partial charge on any atom is -0.469 e. The maximum absolute atomic E-state index is 13.5. The zero-order valence-electron chi connectivity index (χ0n) is 16.1. The van der Waals surface area contributed by atoms with E-state index in [4.69, 9.17) is 4.42 Å². The normalized spacial score (nSPS) is 26.7. The van der Waals surface area contributed by atoms with Crippen LogP contribution >= 0.6 is 0 Å².